The molecule has 3 N–H and O–H groups in total. The van der Waals surface area contributed by atoms with Crippen molar-refractivity contribution >= 4 is 23.0 Å². The molecule has 2 amide bonds. The zero-order chi connectivity index (χ0) is 35.3. The predicted octanol–water partition coefficient (Wildman–Crippen LogP) is 9.13. The molecule has 4 atom stereocenters. The molecule has 9 nitrogen and oxygen atoms in total. The van der Waals surface area contributed by atoms with Gasteiger partial charge in [0, 0.05) is 6.54 Å². The molecule has 9 rings (SSSR count). The summed E-state index contributed by atoms with van der Waals surface area (Å²) in [5.41, 5.74) is 12.1. The fourth-order valence-electron chi connectivity index (χ4n) is 8.88. The number of nitrogens with one attached hydrogen (secondary N) is 3. The van der Waals surface area contributed by atoms with Crippen LogP contribution in [0.25, 0.3) is 44.5 Å². The SMILES string of the molecule is CC(C)[C@H](NC(=O)Oc1ccccc1)C(=O)N1CCC[C@H]1c1nc2ccc(-c3ccc(-c4ccc(-c5cnc[nH]5)cc4)c4c3C3CCC4C3)cc2[nH]1. The topological polar surface area (TPSA) is 116 Å². The van der Waals surface area contributed by atoms with E-state index < -0.39 is 12.1 Å². The van der Waals surface area contributed by atoms with Crippen LogP contribution in [0.4, 0.5) is 4.79 Å². The van der Waals surface area contributed by atoms with E-state index in [0.717, 1.165) is 41.0 Å². The second-order valence-corrected chi connectivity index (χ2v) is 14.8. The Morgan fingerprint density at radius 2 is 1.58 bits per heavy atom. The van der Waals surface area contributed by atoms with Crippen LogP contribution in [-0.2, 0) is 4.79 Å². The molecule has 0 radical (unpaired) electrons. The van der Waals surface area contributed by atoms with Gasteiger partial charge in [-0.2, -0.15) is 0 Å². The van der Waals surface area contributed by atoms with Crippen LogP contribution in [0.1, 0.15) is 80.8 Å². The van der Waals surface area contributed by atoms with Crippen molar-refractivity contribution in [2.75, 3.05) is 6.54 Å². The highest BCUT2D eigenvalue weighted by molar-refractivity contribution is 5.88. The van der Waals surface area contributed by atoms with Gasteiger partial charge in [-0.25, -0.2) is 14.8 Å². The number of amides is 2. The number of nitrogens with zero attached hydrogens (tertiary/aromatic N) is 3. The largest absolute Gasteiger partial charge is 0.413 e. The third-order valence-corrected chi connectivity index (χ3v) is 11.4. The molecular formula is C43H42N6O3. The van der Waals surface area contributed by atoms with Crippen molar-refractivity contribution in [2.45, 2.75) is 69.9 Å². The van der Waals surface area contributed by atoms with Gasteiger partial charge in [0.15, 0.2) is 0 Å². The summed E-state index contributed by atoms with van der Waals surface area (Å²) in [7, 11) is 0. The molecule has 3 heterocycles. The van der Waals surface area contributed by atoms with Crippen molar-refractivity contribution < 1.29 is 14.3 Å². The van der Waals surface area contributed by atoms with Crippen LogP contribution in [-0.4, -0.2) is 49.4 Å². The van der Waals surface area contributed by atoms with Crippen LogP contribution in [0.15, 0.2) is 97.5 Å². The van der Waals surface area contributed by atoms with Gasteiger partial charge >= 0.3 is 6.09 Å². The monoisotopic (exact) mass is 690 g/mol. The first-order chi connectivity index (χ1) is 25.4. The molecule has 6 aromatic rings. The molecule has 4 aromatic carbocycles. The van der Waals surface area contributed by atoms with Crippen LogP contribution in [0.2, 0.25) is 0 Å². The summed E-state index contributed by atoms with van der Waals surface area (Å²) in [6.07, 6.45) is 8.32. The summed E-state index contributed by atoms with van der Waals surface area (Å²) in [6, 6.07) is 28.0. The molecule has 2 fully saturated rings. The Bertz CT molecular complexity index is 2260. The number of hydrogen-bond acceptors (Lipinski definition) is 5. The Balaban J connectivity index is 0.983. The molecule has 0 spiro atoms. The van der Waals surface area contributed by atoms with Crippen molar-refractivity contribution in [3.05, 3.63) is 114 Å². The zero-order valence-electron chi connectivity index (χ0n) is 29.4. The van der Waals surface area contributed by atoms with E-state index in [0.29, 0.717) is 24.1 Å². The molecule has 2 unspecified atom stereocenters. The Labute approximate surface area is 302 Å². The van der Waals surface area contributed by atoms with E-state index in [1.54, 1.807) is 30.6 Å². The standard InChI is InChI=1S/C43H42N6O3/c1-25(2)40(48-43(51)52-31-7-4-3-5-8-31)42(50)49-20-6-9-37(49)41-46-34-19-16-28(22-35(34)47-41)33-18-17-32(38-29-14-15-30(21-29)39(33)38)26-10-12-27(13-11-26)36-23-44-24-45-36/h3-5,7-8,10-13,16-19,22-25,29-30,37,40H,6,9,14-15,20-21H2,1-2H3,(H,44,45)(H,46,47)(H,48,51)/t29?,30?,37-,40-/m0/s1. The summed E-state index contributed by atoms with van der Waals surface area (Å²) < 4.78 is 5.45. The van der Waals surface area contributed by atoms with Crippen molar-refractivity contribution in [1.82, 2.24) is 30.2 Å². The van der Waals surface area contributed by atoms with E-state index in [1.165, 1.54) is 52.6 Å². The number of rotatable bonds is 8. The third-order valence-electron chi connectivity index (χ3n) is 11.4. The molecule has 262 valence electrons. The van der Waals surface area contributed by atoms with Gasteiger partial charge in [-0.15, -0.1) is 0 Å². The number of benzene rings is 4. The maximum Gasteiger partial charge on any atom is 0.413 e. The number of fused-ring (bicyclic) bond motifs is 6. The number of imidazole rings is 2. The lowest BCUT2D eigenvalue weighted by atomic mass is 9.81. The molecule has 1 aliphatic heterocycles. The summed E-state index contributed by atoms with van der Waals surface area (Å²) >= 11 is 0. The Morgan fingerprint density at radius 3 is 2.29 bits per heavy atom. The lowest BCUT2D eigenvalue weighted by Crippen LogP contribution is -2.51. The van der Waals surface area contributed by atoms with Crippen molar-refractivity contribution in [3.63, 3.8) is 0 Å². The molecule has 1 saturated carbocycles. The highest BCUT2D eigenvalue weighted by atomic mass is 16.6. The zero-order valence-corrected chi connectivity index (χ0v) is 29.4. The molecule has 3 aliphatic rings. The minimum absolute atomic E-state index is 0.120. The van der Waals surface area contributed by atoms with E-state index in [4.69, 9.17) is 9.72 Å². The number of para-hydroxylation sites is 1. The van der Waals surface area contributed by atoms with Crippen LogP contribution >= 0.6 is 0 Å². The van der Waals surface area contributed by atoms with Gasteiger partial charge in [0.2, 0.25) is 5.91 Å². The van der Waals surface area contributed by atoms with E-state index in [-0.39, 0.29) is 17.9 Å². The average Bonchev–Trinajstić information content (AvgIpc) is 4.02. The molecule has 52 heavy (non-hydrogen) atoms. The van der Waals surface area contributed by atoms with Crippen molar-refractivity contribution in [3.8, 4) is 39.3 Å². The number of carbonyl (C=O) groups excluding carboxylic acids is 2. The van der Waals surface area contributed by atoms with Gasteiger partial charge in [0.25, 0.3) is 0 Å². The second-order valence-electron chi connectivity index (χ2n) is 14.8. The minimum Gasteiger partial charge on any atom is -0.410 e. The normalized spacial score (nSPS) is 19.7. The van der Waals surface area contributed by atoms with E-state index in [1.807, 2.05) is 31.0 Å². The van der Waals surface area contributed by atoms with E-state index in [9.17, 15) is 9.59 Å². The fraction of sp³-hybridized carbons (Fsp3) is 0.302. The fourth-order valence-corrected chi connectivity index (χ4v) is 8.88. The Kier molecular flexibility index (Phi) is 8.13. The first kappa shape index (κ1) is 32.2. The van der Waals surface area contributed by atoms with Gasteiger partial charge in [0.1, 0.15) is 17.6 Å². The maximum atomic E-state index is 14.0. The predicted molar refractivity (Wildman–Crippen MR) is 202 cm³/mol. The number of aromatic nitrogens is 4. The number of aromatic amines is 2. The van der Waals surface area contributed by atoms with E-state index >= 15 is 0 Å². The first-order valence-electron chi connectivity index (χ1n) is 18.5. The van der Waals surface area contributed by atoms with Crippen LogP contribution < -0.4 is 10.1 Å². The summed E-state index contributed by atoms with van der Waals surface area (Å²) in [6.45, 7) is 4.48. The first-order valence-corrected chi connectivity index (χ1v) is 18.5. The molecular weight excluding hydrogens is 649 g/mol. The Hall–Kier alpha value is -5.70. The van der Waals surface area contributed by atoms with Crippen molar-refractivity contribution in [1.29, 1.82) is 0 Å². The second kappa shape index (κ2) is 13.1. The lowest BCUT2D eigenvalue weighted by Gasteiger charge is -2.30. The molecule has 1 saturated heterocycles. The number of ether oxygens (including phenoxy) is 1. The third kappa shape index (κ3) is 5.74. The van der Waals surface area contributed by atoms with Crippen molar-refractivity contribution in [2.24, 2.45) is 5.92 Å². The van der Waals surface area contributed by atoms with Gasteiger partial charge in [-0.05, 0) is 113 Å². The molecule has 9 heteroatoms. The van der Waals surface area contributed by atoms with Gasteiger partial charge in [-0.3, -0.25) is 4.79 Å². The highest BCUT2D eigenvalue weighted by Gasteiger charge is 2.41. The summed E-state index contributed by atoms with van der Waals surface area (Å²) in [5, 5.41) is 2.83. The van der Waals surface area contributed by atoms with E-state index in [2.05, 4.69) is 74.9 Å². The highest BCUT2D eigenvalue weighted by Crippen LogP contribution is 2.58. The maximum absolute atomic E-state index is 14.0. The Morgan fingerprint density at radius 1 is 0.865 bits per heavy atom. The number of H-pyrrole nitrogens is 2. The van der Waals surface area contributed by atoms with Gasteiger partial charge < -0.3 is 24.9 Å². The quantitative estimate of drug-likeness (QED) is 0.147. The minimum atomic E-state index is -0.720. The molecule has 2 aliphatic carbocycles. The molecule has 2 aromatic heterocycles. The van der Waals surface area contributed by atoms with Gasteiger partial charge in [0.05, 0.1) is 35.3 Å². The summed E-state index contributed by atoms with van der Waals surface area (Å²) in [5.74, 6) is 2.15. The van der Waals surface area contributed by atoms with Crippen LogP contribution in [0.5, 0.6) is 5.75 Å². The van der Waals surface area contributed by atoms with Crippen LogP contribution in [0.3, 0.4) is 0 Å². The van der Waals surface area contributed by atoms with Crippen LogP contribution in [0, 0.1) is 5.92 Å². The number of likely N-dealkylation sites (tertiary alicyclic amines) is 1. The number of hydrogen-bond donors (Lipinski definition) is 3. The summed E-state index contributed by atoms with van der Waals surface area (Å²) in [4.78, 5) is 44.7. The van der Waals surface area contributed by atoms with Gasteiger partial charge in [-0.1, -0.05) is 74.5 Å². The smallest absolute Gasteiger partial charge is 0.410 e. The number of carbonyl (C=O) groups is 2. The lowest BCUT2D eigenvalue weighted by molar-refractivity contribution is -0.135. The average molecular weight is 691 g/mol. The molecule has 2 bridgehead atoms.